The first-order valence-corrected chi connectivity index (χ1v) is 7.35. The number of hydrogen-bond acceptors (Lipinski definition) is 2. The fraction of sp³-hybridized carbons (Fsp3) is 0.231. The monoisotopic (exact) mass is 379 g/mol. The summed E-state index contributed by atoms with van der Waals surface area (Å²) >= 11 is 3.80. The second-order valence-electron chi connectivity index (χ2n) is 4.03. The summed E-state index contributed by atoms with van der Waals surface area (Å²) in [6.07, 6.45) is 0. The molecule has 1 nitrogen and oxygen atoms in total. The molecule has 0 bridgehead atoms. The minimum absolute atomic E-state index is 0.320. The van der Waals surface area contributed by atoms with Crippen LogP contribution in [-0.2, 0) is 0 Å². The summed E-state index contributed by atoms with van der Waals surface area (Å²) in [5, 5.41) is 4.99. The molecule has 0 fully saturated rings. The van der Waals surface area contributed by atoms with E-state index in [1.807, 2.05) is 11.4 Å². The maximum Gasteiger partial charge on any atom is 0.128 e. The number of hydrogen-bond donors (Lipinski definition) is 1. The number of nitrogens with one attached hydrogen (secondary N) is 1. The lowest BCUT2D eigenvalue weighted by atomic mass is 9.99. The maximum atomic E-state index is 14.0. The molecule has 0 aliphatic carbocycles. The van der Waals surface area contributed by atoms with Crippen molar-refractivity contribution in [3.05, 3.63) is 54.8 Å². The topological polar surface area (TPSA) is 12.0 Å². The van der Waals surface area contributed by atoms with E-state index in [1.165, 1.54) is 12.1 Å². The number of aryl methyl sites for hydroxylation is 1. The highest BCUT2D eigenvalue weighted by atomic mass is 127. The van der Waals surface area contributed by atoms with E-state index in [-0.39, 0.29) is 17.7 Å². The highest BCUT2D eigenvalue weighted by molar-refractivity contribution is 14.1. The zero-order chi connectivity index (χ0) is 13.3. The summed E-state index contributed by atoms with van der Waals surface area (Å²) in [5.74, 6) is -0.758. The highest BCUT2D eigenvalue weighted by Gasteiger charge is 2.19. The molecule has 0 spiro atoms. The average molecular weight is 379 g/mol. The van der Waals surface area contributed by atoms with Crippen LogP contribution in [0.5, 0.6) is 0 Å². The van der Waals surface area contributed by atoms with Gasteiger partial charge in [0, 0.05) is 5.56 Å². The van der Waals surface area contributed by atoms with Gasteiger partial charge in [0.15, 0.2) is 0 Å². The van der Waals surface area contributed by atoms with Crippen LogP contribution in [0.15, 0.2) is 23.6 Å². The van der Waals surface area contributed by atoms with Gasteiger partial charge in [0.1, 0.15) is 11.6 Å². The van der Waals surface area contributed by atoms with Crippen LogP contribution in [0, 0.1) is 21.4 Å². The van der Waals surface area contributed by atoms with Gasteiger partial charge in [-0.1, -0.05) is 0 Å². The molecule has 0 aliphatic heterocycles. The molecular formula is C13H12F2INS. The van der Waals surface area contributed by atoms with Crippen molar-refractivity contribution in [2.45, 2.75) is 13.0 Å². The molecule has 2 aromatic rings. The third-order valence-electron chi connectivity index (χ3n) is 2.80. The molecule has 1 aromatic carbocycles. The molecule has 1 aromatic heterocycles. The minimum atomic E-state index is -0.380. The van der Waals surface area contributed by atoms with Gasteiger partial charge in [-0.3, -0.25) is 0 Å². The van der Waals surface area contributed by atoms with Crippen molar-refractivity contribution in [3.63, 3.8) is 0 Å². The van der Waals surface area contributed by atoms with Crippen molar-refractivity contribution in [1.82, 2.24) is 5.32 Å². The molecule has 0 aliphatic rings. The quantitative estimate of drug-likeness (QED) is 0.787. The van der Waals surface area contributed by atoms with Crippen LogP contribution in [0.4, 0.5) is 8.78 Å². The fourth-order valence-corrected chi connectivity index (χ4v) is 3.26. The predicted molar refractivity (Wildman–Crippen MR) is 79.0 cm³/mol. The SMILES string of the molecule is CNC(c1csc(I)c1)c1cc(F)c(C)cc1F. The smallest absolute Gasteiger partial charge is 0.128 e. The standard InChI is InChI=1S/C13H12F2INS/c1-7-3-11(15)9(5-10(7)14)13(17-2)8-4-12(16)18-6-8/h3-6,13,17H,1-2H3. The Hall–Kier alpha value is -0.530. The molecule has 0 amide bonds. The van der Waals surface area contributed by atoms with Crippen molar-refractivity contribution in [2.75, 3.05) is 7.05 Å². The lowest BCUT2D eigenvalue weighted by Gasteiger charge is -2.17. The van der Waals surface area contributed by atoms with Crippen LogP contribution in [0.2, 0.25) is 0 Å². The first-order chi connectivity index (χ1) is 8.52. The molecule has 1 atom stereocenters. The van der Waals surface area contributed by atoms with E-state index in [9.17, 15) is 8.78 Å². The lowest BCUT2D eigenvalue weighted by molar-refractivity contribution is 0.554. The minimum Gasteiger partial charge on any atom is -0.309 e. The van der Waals surface area contributed by atoms with Gasteiger partial charge in [-0.15, -0.1) is 11.3 Å². The van der Waals surface area contributed by atoms with Crippen LogP contribution in [-0.4, -0.2) is 7.05 Å². The Balaban J connectivity index is 2.48. The normalized spacial score (nSPS) is 12.7. The zero-order valence-corrected chi connectivity index (χ0v) is 12.9. The number of benzene rings is 1. The zero-order valence-electron chi connectivity index (χ0n) is 9.93. The van der Waals surface area contributed by atoms with Gasteiger partial charge in [0.2, 0.25) is 0 Å². The van der Waals surface area contributed by atoms with E-state index in [4.69, 9.17) is 0 Å². The van der Waals surface area contributed by atoms with Crippen molar-refractivity contribution < 1.29 is 8.78 Å². The van der Waals surface area contributed by atoms with E-state index in [1.54, 1.807) is 25.3 Å². The van der Waals surface area contributed by atoms with E-state index >= 15 is 0 Å². The van der Waals surface area contributed by atoms with Crippen molar-refractivity contribution in [1.29, 1.82) is 0 Å². The molecule has 1 heterocycles. The van der Waals surface area contributed by atoms with Gasteiger partial charge in [-0.2, -0.15) is 0 Å². The first kappa shape index (κ1) is 13.9. The van der Waals surface area contributed by atoms with Crippen molar-refractivity contribution >= 4 is 33.9 Å². The third kappa shape index (κ3) is 2.73. The van der Waals surface area contributed by atoms with Crippen LogP contribution >= 0.6 is 33.9 Å². The molecule has 1 unspecified atom stereocenters. The molecule has 0 saturated carbocycles. The molecule has 0 radical (unpaired) electrons. The van der Waals surface area contributed by atoms with E-state index in [0.717, 1.165) is 8.45 Å². The predicted octanol–water partition coefficient (Wildman–Crippen LogP) is 4.25. The summed E-state index contributed by atoms with van der Waals surface area (Å²) in [7, 11) is 1.74. The average Bonchev–Trinajstić information content (AvgIpc) is 2.73. The van der Waals surface area contributed by atoms with Crippen molar-refractivity contribution in [2.24, 2.45) is 0 Å². The second-order valence-corrected chi connectivity index (χ2v) is 6.83. The van der Waals surface area contributed by atoms with Crippen molar-refractivity contribution in [3.8, 4) is 0 Å². The van der Waals surface area contributed by atoms with Crippen LogP contribution < -0.4 is 5.32 Å². The third-order valence-corrected chi connectivity index (χ3v) is 4.61. The molecule has 96 valence electrons. The molecule has 5 heteroatoms. The molecule has 18 heavy (non-hydrogen) atoms. The Kier molecular flexibility index (Phi) is 4.34. The Bertz CT molecular complexity index is 568. The van der Waals surface area contributed by atoms with E-state index in [0.29, 0.717) is 11.1 Å². The number of halogens is 3. The number of thiophene rings is 1. The van der Waals surface area contributed by atoms with Crippen LogP contribution in [0.25, 0.3) is 0 Å². The maximum absolute atomic E-state index is 14.0. The van der Waals surface area contributed by atoms with Gasteiger partial charge >= 0.3 is 0 Å². The van der Waals surface area contributed by atoms with Gasteiger partial charge in [0.05, 0.1) is 8.93 Å². The Labute approximate surface area is 122 Å². The van der Waals surface area contributed by atoms with Crippen LogP contribution in [0.3, 0.4) is 0 Å². The number of rotatable bonds is 3. The molecule has 2 rings (SSSR count). The summed E-state index contributed by atoms with van der Waals surface area (Å²) in [6.45, 7) is 1.56. The molecular weight excluding hydrogens is 367 g/mol. The summed E-state index contributed by atoms with van der Waals surface area (Å²) in [5.41, 5.74) is 1.62. The van der Waals surface area contributed by atoms with Crippen LogP contribution in [0.1, 0.15) is 22.7 Å². The Morgan fingerprint density at radius 3 is 2.50 bits per heavy atom. The van der Waals surface area contributed by atoms with Gasteiger partial charge in [-0.25, -0.2) is 8.78 Å². The highest BCUT2D eigenvalue weighted by Crippen LogP contribution is 2.29. The Morgan fingerprint density at radius 2 is 1.94 bits per heavy atom. The van der Waals surface area contributed by atoms with Gasteiger partial charge in [0.25, 0.3) is 0 Å². The Morgan fingerprint density at radius 1 is 1.22 bits per heavy atom. The van der Waals surface area contributed by atoms with Gasteiger partial charge < -0.3 is 5.32 Å². The second kappa shape index (κ2) is 5.63. The summed E-state index contributed by atoms with van der Waals surface area (Å²) < 4.78 is 28.7. The summed E-state index contributed by atoms with van der Waals surface area (Å²) in [4.78, 5) is 0. The van der Waals surface area contributed by atoms with E-state index in [2.05, 4.69) is 27.9 Å². The lowest BCUT2D eigenvalue weighted by Crippen LogP contribution is -2.18. The largest absolute Gasteiger partial charge is 0.309 e. The molecule has 0 saturated heterocycles. The first-order valence-electron chi connectivity index (χ1n) is 5.39. The fourth-order valence-electron chi connectivity index (χ4n) is 1.86. The van der Waals surface area contributed by atoms with E-state index < -0.39 is 0 Å². The molecule has 1 N–H and O–H groups in total. The summed E-state index contributed by atoms with van der Waals surface area (Å²) in [6, 6.07) is 4.17. The van der Waals surface area contributed by atoms with Gasteiger partial charge in [-0.05, 0) is 71.3 Å².